The molecule has 1 N–H and O–H groups in total. The third-order valence-electron chi connectivity index (χ3n) is 4.06. The van der Waals surface area contributed by atoms with Gasteiger partial charge in [0.05, 0.1) is 0 Å². The first kappa shape index (κ1) is 9.51. The minimum absolute atomic E-state index is 0.577. The Morgan fingerprint density at radius 2 is 2.08 bits per heavy atom. The van der Waals surface area contributed by atoms with E-state index in [4.69, 9.17) is 0 Å². The van der Waals surface area contributed by atoms with E-state index < -0.39 is 0 Å². The van der Waals surface area contributed by atoms with Gasteiger partial charge < -0.3 is 5.32 Å². The zero-order chi connectivity index (χ0) is 9.31. The van der Waals surface area contributed by atoms with Crippen molar-refractivity contribution in [2.24, 2.45) is 5.92 Å². The van der Waals surface area contributed by atoms with Crippen molar-refractivity contribution in [3.8, 4) is 0 Å². The van der Waals surface area contributed by atoms with E-state index in [1.165, 1.54) is 44.9 Å². The van der Waals surface area contributed by atoms with Gasteiger partial charge in [-0.15, -0.1) is 0 Å². The molecule has 76 valence electrons. The molecule has 1 heteroatoms. The maximum Gasteiger partial charge on any atom is 0.0181 e. The van der Waals surface area contributed by atoms with E-state index in [2.05, 4.69) is 19.2 Å². The Labute approximate surface area is 82.3 Å². The fourth-order valence-electron chi connectivity index (χ4n) is 2.71. The Balaban J connectivity index is 1.73. The van der Waals surface area contributed by atoms with E-state index in [0.717, 1.165) is 12.0 Å². The van der Waals surface area contributed by atoms with Gasteiger partial charge in [0.1, 0.15) is 0 Å². The summed E-state index contributed by atoms with van der Waals surface area (Å²) in [6.45, 7) is 4.64. The highest BCUT2D eigenvalue weighted by Gasteiger charge is 2.44. The maximum atomic E-state index is 3.89. The summed E-state index contributed by atoms with van der Waals surface area (Å²) in [5, 5.41) is 3.89. The van der Waals surface area contributed by atoms with Gasteiger partial charge in [-0.05, 0) is 44.4 Å². The molecular formula is C12H23N. The lowest BCUT2D eigenvalue weighted by Crippen LogP contribution is -2.51. The normalized spacial score (nSPS) is 35.5. The van der Waals surface area contributed by atoms with Crippen LogP contribution in [0.25, 0.3) is 0 Å². The molecule has 0 aromatic carbocycles. The van der Waals surface area contributed by atoms with Crippen LogP contribution in [-0.2, 0) is 0 Å². The Kier molecular flexibility index (Phi) is 2.64. The highest BCUT2D eigenvalue weighted by Crippen LogP contribution is 2.42. The van der Waals surface area contributed by atoms with Gasteiger partial charge in [0.2, 0.25) is 0 Å². The first-order valence-electron chi connectivity index (χ1n) is 6.07. The maximum absolute atomic E-state index is 3.89. The second kappa shape index (κ2) is 3.61. The van der Waals surface area contributed by atoms with Gasteiger partial charge in [-0.2, -0.15) is 0 Å². The fraction of sp³-hybridized carbons (Fsp3) is 1.00. The third-order valence-corrected chi connectivity index (χ3v) is 4.06. The number of hydrogen-bond donors (Lipinski definition) is 1. The lowest BCUT2D eigenvalue weighted by molar-refractivity contribution is 0.172. The van der Waals surface area contributed by atoms with Crippen LogP contribution < -0.4 is 5.32 Å². The van der Waals surface area contributed by atoms with Crippen LogP contribution in [0.1, 0.15) is 58.8 Å². The molecule has 2 atom stereocenters. The smallest absolute Gasteiger partial charge is 0.0181 e. The topological polar surface area (TPSA) is 12.0 Å². The molecule has 0 spiro atoms. The van der Waals surface area contributed by atoms with Crippen molar-refractivity contribution in [1.82, 2.24) is 5.32 Å². The van der Waals surface area contributed by atoms with Crippen molar-refractivity contribution in [3.63, 3.8) is 0 Å². The van der Waals surface area contributed by atoms with E-state index in [9.17, 15) is 0 Å². The second-order valence-corrected chi connectivity index (χ2v) is 5.02. The molecule has 0 aliphatic heterocycles. The molecule has 0 saturated heterocycles. The average Bonchev–Trinajstić information content (AvgIpc) is 2.77. The molecule has 2 rings (SSSR count). The van der Waals surface area contributed by atoms with Gasteiger partial charge in [0.25, 0.3) is 0 Å². The van der Waals surface area contributed by atoms with Gasteiger partial charge in [-0.3, -0.25) is 0 Å². The molecule has 0 amide bonds. The van der Waals surface area contributed by atoms with Crippen molar-refractivity contribution in [1.29, 1.82) is 0 Å². The monoisotopic (exact) mass is 181 g/mol. The summed E-state index contributed by atoms with van der Waals surface area (Å²) in [6, 6.07) is 0.889. The van der Waals surface area contributed by atoms with Crippen molar-refractivity contribution < 1.29 is 0 Å². The van der Waals surface area contributed by atoms with Crippen LogP contribution in [0.4, 0.5) is 0 Å². The zero-order valence-corrected chi connectivity index (χ0v) is 9.10. The quantitative estimate of drug-likeness (QED) is 0.687. The van der Waals surface area contributed by atoms with Gasteiger partial charge in [0, 0.05) is 11.6 Å². The Morgan fingerprint density at radius 3 is 2.54 bits per heavy atom. The van der Waals surface area contributed by atoms with Crippen molar-refractivity contribution in [2.45, 2.75) is 70.4 Å². The predicted molar refractivity (Wildman–Crippen MR) is 56.8 cm³/mol. The summed E-state index contributed by atoms with van der Waals surface area (Å²) >= 11 is 0. The predicted octanol–water partition coefficient (Wildman–Crippen LogP) is 3.10. The van der Waals surface area contributed by atoms with E-state index in [1.54, 1.807) is 0 Å². The van der Waals surface area contributed by atoms with Crippen LogP contribution >= 0.6 is 0 Å². The third kappa shape index (κ3) is 1.90. The molecule has 2 saturated carbocycles. The van der Waals surface area contributed by atoms with Crippen molar-refractivity contribution in [3.05, 3.63) is 0 Å². The summed E-state index contributed by atoms with van der Waals surface area (Å²) in [5.74, 6) is 1.02. The molecule has 0 bridgehead atoms. The Hall–Kier alpha value is -0.0400. The highest BCUT2D eigenvalue weighted by atomic mass is 15.1. The molecule has 2 fully saturated rings. The van der Waals surface area contributed by atoms with E-state index in [-0.39, 0.29) is 0 Å². The van der Waals surface area contributed by atoms with Gasteiger partial charge in [-0.1, -0.05) is 20.3 Å². The molecule has 0 heterocycles. The minimum atomic E-state index is 0.577. The van der Waals surface area contributed by atoms with Gasteiger partial charge >= 0.3 is 0 Å². The summed E-state index contributed by atoms with van der Waals surface area (Å²) < 4.78 is 0. The van der Waals surface area contributed by atoms with Crippen LogP contribution in [0.15, 0.2) is 0 Å². The first-order valence-corrected chi connectivity index (χ1v) is 6.07. The van der Waals surface area contributed by atoms with Gasteiger partial charge in [-0.25, -0.2) is 0 Å². The fourth-order valence-corrected chi connectivity index (χ4v) is 2.71. The Morgan fingerprint density at radius 1 is 1.31 bits per heavy atom. The van der Waals surface area contributed by atoms with Gasteiger partial charge in [0.15, 0.2) is 0 Å². The van der Waals surface area contributed by atoms with Crippen LogP contribution in [0.3, 0.4) is 0 Å². The van der Waals surface area contributed by atoms with Crippen LogP contribution in [-0.4, -0.2) is 11.6 Å². The van der Waals surface area contributed by atoms with Crippen molar-refractivity contribution in [2.75, 3.05) is 0 Å². The molecular weight excluding hydrogens is 158 g/mol. The van der Waals surface area contributed by atoms with E-state index in [0.29, 0.717) is 5.54 Å². The lowest BCUT2D eigenvalue weighted by Gasteiger charge is -2.42. The Bertz CT molecular complexity index is 166. The van der Waals surface area contributed by atoms with E-state index >= 15 is 0 Å². The van der Waals surface area contributed by atoms with Crippen LogP contribution in [0, 0.1) is 5.92 Å². The SMILES string of the molecule is CCCC1CC1NC1(CC)CCC1. The van der Waals surface area contributed by atoms with Crippen molar-refractivity contribution >= 4 is 0 Å². The minimum Gasteiger partial charge on any atom is -0.308 e. The van der Waals surface area contributed by atoms with E-state index in [1.807, 2.05) is 0 Å². The first-order chi connectivity index (χ1) is 6.29. The van der Waals surface area contributed by atoms with Crippen LogP contribution in [0.2, 0.25) is 0 Å². The molecule has 13 heavy (non-hydrogen) atoms. The number of rotatable bonds is 5. The molecule has 2 aliphatic carbocycles. The van der Waals surface area contributed by atoms with Crippen LogP contribution in [0.5, 0.6) is 0 Å². The molecule has 1 nitrogen and oxygen atoms in total. The summed E-state index contributed by atoms with van der Waals surface area (Å²) in [7, 11) is 0. The standard InChI is InChI=1S/C12H23N/c1-3-6-10-9-11(10)13-12(4-2)7-5-8-12/h10-11,13H,3-9H2,1-2H3. The largest absolute Gasteiger partial charge is 0.308 e. The summed E-state index contributed by atoms with van der Waals surface area (Å²) in [6.07, 6.45) is 9.90. The second-order valence-electron chi connectivity index (χ2n) is 5.02. The molecule has 0 aromatic heterocycles. The zero-order valence-electron chi connectivity index (χ0n) is 9.10. The average molecular weight is 181 g/mol. The number of hydrogen-bond acceptors (Lipinski definition) is 1. The number of nitrogens with one attached hydrogen (secondary N) is 1. The highest BCUT2D eigenvalue weighted by molar-refractivity contribution is 5.03. The molecule has 2 unspecified atom stereocenters. The summed E-state index contributed by atoms with van der Waals surface area (Å²) in [5.41, 5.74) is 0.577. The lowest BCUT2D eigenvalue weighted by atomic mass is 9.75. The molecule has 0 radical (unpaired) electrons. The molecule has 0 aromatic rings. The summed E-state index contributed by atoms with van der Waals surface area (Å²) in [4.78, 5) is 0. The molecule has 2 aliphatic rings.